The second kappa shape index (κ2) is 5.46. The molecule has 2 aromatic carbocycles. The van der Waals surface area contributed by atoms with E-state index >= 15 is 0 Å². The Morgan fingerprint density at radius 2 is 1.85 bits per heavy atom. The summed E-state index contributed by atoms with van der Waals surface area (Å²) in [4.78, 5) is 8.24. The van der Waals surface area contributed by atoms with Crippen molar-refractivity contribution in [3.05, 3.63) is 53.3 Å². The Kier molecular flexibility index (Phi) is 3.52. The molecule has 0 saturated heterocycles. The van der Waals surface area contributed by atoms with Gasteiger partial charge in [-0.05, 0) is 38.8 Å². The fourth-order valence-corrected chi connectivity index (χ4v) is 2.43. The molecule has 1 N–H and O–H groups in total. The molecule has 4 nitrogen and oxygen atoms in total. The zero-order valence-corrected chi connectivity index (χ0v) is 12.4. The first kappa shape index (κ1) is 12.9. The number of hydrogen-bond donors (Lipinski definition) is 1. The fourth-order valence-electron chi connectivity index (χ4n) is 1.94. The molecule has 0 spiro atoms. The van der Waals surface area contributed by atoms with Crippen LogP contribution in [0.15, 0.2) is 53.3 Å². The van der Waals surface area contributed by atoms with E-state index in [2.05, 4.69) is 43.3 Å². The van der Waals surface area contributed by atoms with E-state index in [0.717, 1.165) is 11.1 Å². The molecular formula is C15H12BrN3O. The molecule has 0 saturated carbocycles. The molecule has 0 amide bonds. The number of aromatic nitrogens is 2. The molecule has 3 rings (SSSR count). The molecule has 0 bridgehead atoms. The van der Waals surface area contributed by atoms with Gasteiger partial charge in [0.25, 0.3) is 0 Å². The first-order valence-corrected chi connectivity index (χ1v) is 6.92. The van der Waals surface area contributed by atoms with Crippen LogP contribution in [0, 0.1) is 0 Å². The van der Waals surface area contributed by atoms with Gasteiger partial charge in [-0.2, -0.15) is 0 Å². The maximum Gasteiger partial charge on any atom is 0.238 e. The number of hydrogen-bond acceptors (Lipinski definition) is 4. The Bertz CT molecular complexity index is 761. The van der Waals surface area contributed by atoms with E-state index in [9.17, 15) is 0 Å². The normalized spacial score (nSPS) is 10.5. The molecule has 5 heteroatoms. The topological polar surface area (TPSA) is 47.0 Å². The van der Waals surface area contributed by atoms with Crippen molar-refractivity contribution in [2.45, 2.75) is 0 Å². The lowest BCUT2D eigenvalue weighted by Crippen LogP contribution is -1.97. The lowest BCUT2D eigenvalue weighted by molar-refractivity contribution is 0.459. The molecule has 0 aliphatic heterocycles. The standard InChI is InChI=1S/C15H12BrN3O/c1-17-14-13(16)15(19-9-18-14)20-12-7-6-10-4-2-3-5-11(10)8-12/h2-9H,1H3,(H,17,18,19). The number of anilines is 1. The Morgan fingerprint density at radius 3 is 2.65 bits per heavy atom. The minimum absolute atomic E-state index is 0.486. The van der Waals surface area contributed by atoms with Crippen LogP contribution in [0.3, 0.4) is 0 Å². The Hall–Kier alpha value is -2.14. The van der Waals surface area contributed by atoms with Crippen LogP contribution in [0.25, 0.3) is 10.8 Å². The number of rotatable bonds is 3. The molecule has 0 unspecified atom stereocenters. The highest BCUT2D eigenvalue weighted by atomic mass is 79.9. The van der Waals surface area contributed by atoms with E-state index in [-0.39, 0.29) is 0 Å². The fraction of sp³-hybridized carbons (Fsp3) is 0.0667. The molecular weight excluding hydrogens is 318 g/mol. The van der Waals surface area contributed by atoms with Crippen LogP contribution in [0.5, 0.6) is 11.6 Å². The smallest absolute Gasteiger partial charge is 0.238 e. The van der Waals surface area contributed by atoms with Crippen molar-refractivity contribution in [2.75, 3.05) is 12.4 Å². The summed E-state index contributed by atoms with van der Waals surface area (Å²) < 4.78 is 6.53. The van der Waals surface area contributed by atoms with Crippen LogP contribution in [-0.2, 0) is 0 Å². The molecule has 1 heterocycles. The average molecular weight is 330 g/mol. The van der Waals surface area contributed by atoms with Gasteiger partial charge in [-0.15, -0.1) is 0 Å². The molecule has 100 valence electrons. The van der Waals surface area contributed by atoms with E-state index in [4.69, 9.17) is 4.74 Å². The summed E-state index contributed by atoms with van der Waals surface area (Å²) in [6.07, 6.45) is 1.47. The zero-order chi connectivity index (χ0) is 13.9. The molecule has 0 fully saturated rings. The molecule has 0 aliphatic rings. The maximum atomic E-state index is 5.82. The predicted octanol–water partition coefficient (Wildman–Crippen LogP) is 4.23. The van der Waals surface area contributed by atoms with Gasteiger partial charge in [0.2, 0.25) is 5.88 Å². The second-order valence-corrected chi connectivity index (χ2v) is 5.00. The highest BCUT2D eigenvalue weighted by Gasteiger charge is 2.09. The predicted molar refractivity (Wildman–Crippen MR) is 83.3 cm³/mol. The van der Waals surface area contributed by atoms with E-state index in [1.165, 1.54) is 11.7 Å². The third kappa shape index (κ3) is 2.44. The van der Waals surface area contributed by atoms with Crippen molar-refractivity contribution >= 4 is 32.5 Å². The summed E-state index contributed by atoms with van der Waals surface area (Å²) in [5.74, 6) is 1.92. The maximum absolute atomic E-state index is 5.82. The van der Waals surface area contributed by atoms with Crippen LogP contribution in [0.1, 0.15) is 0 Å². The van der Waals surface area contributed by atoms with Crippen LogP contribution < -0.4 is 10.1 Å². The number of halogens is 1. The second-order valence-electron chi connectivity index (χ2n) is 4.20. The van der Waals surface area contributed by atoms with E-state index in [1.807, 2.05) is 30.3 Å². The first-order chi connectivity index (χ1) is 9.78. The van der Waals surface area contributed by atoms with Crippen molar-refractivity contribution in [3.63, 3.8) is 0 Å². The van der Waals surface area contributed by atoms with Crippen LogP contribution in [-0.4, -0.2) is 17.0 Å². The van der Waals surface area contributed by atoms with E-state index < -0.39 is 0 Å². The van der Waals surface area contributed by atoms with Crippen LogP contribution in [0.4, 0.5) is 5.82 Å². The summed E-state index contributed by atoms with van der Waals surface area (Å²) >= 11 is 3.44. The van der Waals surface area contributed by atoms with Crippen LogP contribution in [0.2, 0.25) is 0 Å². The number of nitrogens with zero attached hydrogens (tertiary/aromatic N) is 2. The summed E-state index contributed by atoms with van der Waals surface area (Å²) in [5.41, 5.74) is 0. The zero-order valence-electron chi connectivity index (χ0n) is 10.8. The van der Waals surface area contributed by atoms with Gasteiger partial charge in [0, 0.05) is 7.05 Å². The van der Waals surface area contributed by atoms with Crippen molar-refractivity contribution < 1.29 is 4.74 Å². The van der Waals surface area contributed by atoms with Gasteiger partial charge in [-0.3, -0.25) is 0 Å². The number of nitrogens with one attached hydrogen (secondary N) is 1. The van der Waals surface area contributed by atoms with Gasteiger partial charge >= 0.3 is 0 Å². The number of benzene rings is 2. The van der Waals surface area contributed by atoms with Gasteiger partial charge in [-0.1, -0.05) is 30.3 Å². The molecule has 20 heavy (non-hydrogen) atoms. The van der Waals surface area contributed by atoms with E-state index in [0.29, 0.717) is 16.2 Å². The Labute approximate surface area is 125 Å². The van der Waals surface area contributed by atoms with E-state index in [1.54, 1.807) is 7.05 Å². The van der Waals surface area contributed by atoms with Crippen molar-refractivity contribution in [2.24, 2.45) is 0 Å². The highest BCUT2D eigenvalue weighted by molar-refractivity contribution is 9.10. The highest BCUT2D eigenvalue weighted by Crippen LogP contribution is 2.32. The molecule has 0 radical (unpaired) electrons. The van der Waals surface area contributed by atoms with Gasteiger partial charge in [0.15, 0.2) is 0 Å². The lowest BCUT2D eigenvalue weighted by atomic mass is 10.1. The van der Waals surface area contributed by atoms with Crippen molar-refractivity contribution in [1.82, 2.24) is 9.97 Å². The third-order valence-electron chi connectivity index (χ3n) is 2.93. The Balaban J connectivity index is 1.97. The van der Waals surface area contributed by atoms with Gasteiger partial charge in [0.1, 0.15) is 22.4 Å². The molecule has 1 aromatic heterocycles. The lowest BCUT2D eigenvalue weighted by Gasteiger charge is -2.09. The SMILES string of the molecule is CNc1ncnc(Oc2ccc3ccccc3c2)c1Br. The summed E-state index contributed by atoms with van der Waals surface area (Å²) in [6, 6.07) is 14.1. The average Bonchev–Trinajstić information content (AvgIpc) is 2.49. The van der Waals surface area contributed by atoms with Crippen molar-refractivity contribution in [3.8, 4) is 11.6 Å². The third-order valence-corrected chi connectivity index (χ3v) is 3.64. The van der Waals surface area contributed by atoms with Crippen LogP contribution >= 0.6 is 15.9 Å². The molecule has 0 atom stereocenters. The van der Waals surface area contributed by atoms with Crippen molar-refractivity contribution in [1.29, 1.82) is 0 Å². The quantitative estimate of drug-likeness (QED) is 0.781. The minimum atomic E-state index is 0.486. The van der Waals surface area contributed by atoms with Gasteiger partial charge < -0.3 is 10.1 Å². The molecule has 0 aliphatic carbocycles. The van der Waals surface area contributed by atoms with Gasteiger partial charge in [0.05, 0.1) is 0 Å². The molecule has 3 aromatic rings. The first-order valence-electron chi connectivity index (χ1n) is 6.13. The Morgan fingerprint density at radius 1 is 1.05 bits per heavy atom. The monoisotopic (exact) mass is 329 g/mol. The largest absolute Gasteiger partial charge is 0.438 e. The summed E-state index contributed by atoms with van der Waals surface area (Å²) in [7, 11) is 1.80. The number of fused-ring (bicyclic) bond motifs is 1. The minimum Gasteiger partial charge on any atom is -0.438 e. The van der Waals surface area contributed by atoms with Gasteiger partial charge in [-0.25, -0.2) is 9.97 Å². The summed E-state index contributed by atoms with van der Waals surface area (Å²) in [6.45, 7) is 0. The number of ether oxygens (including phenoxy) is 1. The summed E-state index contributed by atoms with van der Waals surface area (Å²) in [5, 5.41) is 5.28.